The number of amides is 1. The van der Waals surface area contributed by atoms with Crippen LogP contribution < -0.4 is 4.74 Å². The summed E-state index contributed by atoms with van der Waals surface area (Å²) in [6.45, 7) is 0.521. The molecule has 21 heavy (non-hydrogen) atoms. The van der Waals surface area contributed by atoms with Crippen LogP contribution in [0, 0.1) is 0 Å². The summed E-state index contributed by atoms with van der Waals surface area (Å²) in [6, 6.07) is 12.8. The Hall–Kier alpha value is -1.52. The fraction of sp³-hybridized carbons (Fsp3) is 0.188. The number of ether oxygens (including phenoxy) is 1. The lowest BCUT2D eigenvalue weighted by Crippen LogP contribution is -2.26. The van der Waals surface area contributed by atoms with Crippen molar-refractivity contribution in [2.24, 2.45) is 0 Å². The van der Waals surface area contributed by atoms with Crippen LogP contribution in [0.4, 0.5) is 0 Å². The minimum atomic E-state index is -0.0750. The van der Waals surface area contributed by atoms with Crippen LogP contribution in [0.25, 0.3) is 0 Å². The normalized spacial score (nSPS) is 10.3. The number of hydrogen-bond acceptors (Lipinski definition) is 2. The number of rotatable bonds is 4. The van der Waals surface area contributed by atoms with Gasteiger partial charge in [0.2, 0.25) is 0 Å². The zero-order valence-electron chi connectivity index (χ0n) is 11.8. The van der Waals surface area contributed by atoms with E-state index in [1.54, 1.807) is 37.3 Å². The fourth-order valence-corrected chi connectivity index (χ4v) is 2.83. The minimum Gasteiger partial charge on any atom is -0.497 e. The molecule has 2 aromatic carbocycles. The second-order valence-corrected chi connectivity index (χ2v) is 6.02. The van der Waals surface area contributed by atoms with Gasteiger partial charge >= 0.3 is 0 Å². The van der Waals surface area contributed by atoms with Crippen LogP contribution in [0.1, 0.15) is 15.9 Å². The van der Waals surface area contributed by atoms with Crippen LogP contribution in [0.5, 0.6) is 5.75 Å². The van der Waals surface area contributed by atoms with E-state index < -0.39 is 0 Å². The van der Waals surface area contributed by atoms with Crippen LogP contribution in [-0.2, 0) is 6.54 Å². The molecular formula is C16H15BrClNO2. The zero-order chi connectivity index (χ0) is 15.4. The highest BCUT2D eigenvalue weighted by Gasteiger charge is 2.13. The lowest BCUT2D eigenvalue weighted by molar-refractivity contribution is 0.0785. The van der Waals surface area contributed by atoms with E-state index >= 15 is 0 Å². The van der Waals surface area contributed by atoms with E-state index in [-0.39, 0.29) is 5.91 Å². The van der Waals surface area contributed by atoms with Gasteiger partial charge in [-0.25, -0.2) is 0 Å². The van der Waals surface area contributed by atoms with E-state index in [1.807, 2.05) is 24.3 Å². The summed E-state index contributed by atoms with van der Waals surface area (Å²) >= 11 is 9.32. The molecule has 0 radical (unpaired) electrons. The Morgan fingerprint density at radius 1 is 1.24 bits per heavy atom. The Morgan fingerprint density at radius 2 is 1.90 bits per heavy atom. The Morgan fingerprint density at radius 3 is 2.48 bits per heavy atom. The van der Waals surface area contributed by atoms with E-state index in [0.29, 0.717) is 17.1 Å². The van der Waals surface area contributed by atoms with E-state index in [9.17, 15) is 4.79 Å². The van der Waals surface area contributed by atoms with Gasteiger partial charge in [0.05, 0.1) is 7.11 Å². The molecule has 0 aliphatic carbocycles. The molecule has 110 valence electrons. The molecule has 0 saturated carbocycles. The number of hydrogen-bond donors (Lipinski definition) is 0. The lowest BCUT2D eigenvalue weighted by Gasteiger charge is -2.18. The van der Waals surface area contributed by atoms with Crippen molar-refractivity contribution in [1.29, 1.82) is 0 Å². The third-order valence-electron chi connectivity index (χ3n) is 3.04. The molecule has 0 aliphatic heterocycles. The first-order valence-corrected chi connectivity index (χ1v) is 7.51. The molecule has 0 heterocycles. The van der Waals surface area contributed by atoms with Gasteiger partial charge < -0.3 is 9.64 Å². The predicted molar refractivity (Wildman–Crippen MR) is 87.9 cm³/mol. The summed E-state index contributed by atoms with van der Waals surface area (Å²) in [4.78, 5) is 14.1. The summed E-state index contributed by atoms with van der Waals surface area (Å²) in [7, 11) is 3.39. The highest BCUT2D eigenvalue weighted by atomic mass is 79.9. The number of methoxy groups -OCH3 is 1. The van der Waals surface area contributed by atoms with E-state index in [2.05, 4.69) is 15.9 Å². The van der Waals surface area contributed by atoms with Gasteiger partial charge in [-0.15, -0.1) is 0 Å². The molecule has 1 amide bonds. The molecule has 0 aliphatic rings. The molecule has 0 spiro atoms. The molecule has 0 aromatic heterocycles. The van der Waals surface area contributed by atoms with Crippen molar-refractivity contribution in [1.82, 2.24) is 4.90 Å². The monoisotopic (exact) mass is 367 g/mol. The van der Waals surface area contributed by atoms with E-state index in [0.717, 1.165) is 15.8 Å². The second kappa shape index (κ2) is 6.96. The average molecular weight is 369 g/mol. The number of carbonyl (C=O) groups excluding carboxylic acids is 1. The SMILES string of the molecule is COc1ccc(CN(C)C(=O)c2cc(Cl)cc(Br)c2)cc1. The first kappa shape index (κ1) is 15.9. The standard InChI is InChI=1S/C16H15BrClNO2/c1-19(10-11-3-5-15(21-2)6-4-11)16(20)12-7-13(17)9-14(18)8-12/h3-9H,10H2,1-2H3. The molecule has 3 nitrogen and oxygen atoms in total. The van der Waals surface area contributed by atoms with Gasteiger partial charge in [-0.3, -0.25) is 4.79 Å². The van der Waals surface area contributed by atoms with Crippen molar-refractivity contribution in [3.63, 3.8) is 0 Å². The molecule has 0 atom stereocenters. The highest BCUT2D eigenvalue weighted by molar-refractivity contribution is 9.10. The smallest absolute Gasteiger partial charge is 0.253 e. The van der Waals surface area contributed by atoms with Crippen molar-refractivity contribution in [2.75, 3.05) is 14.2 Å². The van der Waals surface area contributed by atoms with Crippen LogP contribution >= 0.6 is 27.5 Å². The summed E-state index contributed by atoms with van der Waals surface area (Å²) < 4.78 is 5.91. The van der Waals surface area contributed by atoms with Gasteiger partial charge in [-0.1, -0.05) is 39.7 Å². The molecule has 0 N–H and O–H groups in total. The number of carbonyl (C=O) groups is 1. The zero-order valence-corrected chi connectivity index (χ0v) is 14.1. The largest absolute Gasteiger partial charge is 0.497 e. The molecule has 0 unspecified atom stereocenters. The molecule has 0 fully saturated rings. The van der Waals surface area contributed by atoms with Gasteiger partial charge in [0.15, 0.2) is 0 Å². The predicted octanol–water partition coefficient (Wildman–Crippen LogP) is 4.38. The summed E-state index contributed by atoms with van der Waals surface area (Å²) in [5.74, 6) is 0.723. The Bertz CT molecular complexity index is 623. The van der Waals surface area contributed by atoms with Crippen molar-refractivity contribution in [3.05, 3.63) is 63.1 Å². The molecular weight excluding hydrogens is 354 g/mol. The van der Waals surface area contributed by atoms with Crippen molar-refractivity contribution < 1.29 is 9.53 Å². The van der Waals surface area contributed by atoms with E-state index in [4.69, 9.17) is 16.3 Å². The minimum absolute atomic E-state index is 0.0750. The van der Waals surface area contributed by atoms with Gasteiger partial charge in [-0.05, 0) is 35.9 Å². The fourth-order valence-electron chi connectivity index (χ4n) is 1.97. The Kier molecular flexibility index (Phi) is 5.26. The third kappa shape index (κ3) is 4.22. The first-order chi connectivity index (χ1) is 9.99. The number of halogens is 2. The summed E-state index contributed by atoms with van der Waals surface area (Å²) in [5.41, 5.74) is 1.60. The van der Waals surface area contributed by atoms with Crippen molar-refractivity contribution in [3.8, 4) is 5.75 Å². The molecule has 0 bridgehead atoms. The first-order valence-electron chi connectivity index (χ1n) is 6.34. The van der Waals surface area contributed by atoms with Crippen molar-refractivity contribution >= 4 is 33.4 Å². The Labute approximate surface area is 137 Å². The molecule has 2 aromatic rings. The van der Waals surface area contributed by atoms with Gasteiger partial charge in [0, 0.05) is 28.7 Å². The van der Waals surface area contributed by atoms with Gasteiger partial charge in [-0.2, -0.15) is 0 Å². The second-order valence-electron chi connectivity index (χ2n) is 4.67. The summed E-state index contributed by atoms with van der Waals surface area (Å²) in [5, 5.41) is 0.533. The van der Waals surface area contributed by atoms with Crippen LogP contribution in [-0.4, -0.2) is 25.0 Å². The maximum atomic E-state index is 12.4. The van der Waals surface area contributed by atoms with Gasteiger partial charge in [0.1, 0.15) is 5.75 Å². The average Bonchev–Trinajstić information content (AvgIpc) is 2.46. The molecule has 2 rings (SSSR count). The topological polar surface area (TPSA) is 29.5 Å². The Balaban J connectivity index is 2.11. The summed E-state index contributed by atoms with van der Waals surface area (Å²) in [6.07, 6.45) is 0. The maximum absolute atomic E-state index is 12.4. The molecule has 5 heteroatoms. The lowest BCUT2D eigenvalue weighted by atomic mass is 10.1. The van der Waals surface area contributed by atoms with Crippen molar-refractivity contribution in [2.45, 2.75) is 6.54 Å². The third-order valence-corrected chi connectivity index (χ3v) is 3.71. The number of nitrogens with zero attached hydrogens (tertiary/aromatic N) is 1. The number of benzene rings is 2. The quantitative estimate of drug-likeness (QED) is 0.801. The highest BCUT2D eigenvalue weighted by Crippen LogP contribution is 2.21. The maximum Gasteiger partial charge on any atom is 0.253 e. The van der Waals surface area contributed by atoms with E-state index in [1.165, 1.54) is 0 Å². The van der Waals surface area contributed by atoms with Crippen LogP contribution in [0.3, 0.4) is 0 Å². The molecule has 0 saturated heterocycles. The van der Waals surface area contributed by atoms with Crippen LogP contribution in [0.15, 0.2) is 46.9 Å². The van der Waals surface area contributed by atoms with Crippen LogP contribution in [0.2, 0.25) is 5.02 Å². The van der Waals surface area contributed by atoms with Gasteiger partial charge in [0.25, 0.3) is 5.91 Å².